The maximum Gasteiger partial charge on any atom is 0.0762 e. The Hall–Kier alpha value is -0.870. The first-order valence-corrected chi connectivity index (χ1v) is 7.73. The van der Waals surface area contributed by atoms with Crippen LogP contribution in [-0.4, -0.2) is 40.4 Å². The zero-order valence-corrected chi connectivity index (χ0v) is 12.6. The van der Waals surface area contributed by atoms with Gasteiger partial charge in [-0.25, -0.2) is 0 Å². The zero-order chi connectivity index (χ0) is 13.7. The fraction of sp³-hybridized carbons (Fsp3) is 0.800. The van der Waals surface area contributed by atoms with E-state index >= 15 is 0 Å². The molecule has 0 amide bonds. The summed E-state index contributed by atoms with van der Waals surface area (Å²) in [6, 6.07) is 3.35. The minimum Gasteiger partial charge on any atom is -0.310 e. The molecule has 19 heavy (non-hydrogen) atoms. The Labute approximate surface area is 117 Å². The molecular weight excluding hydrogens is 236 g/mol. The third kappa shape index (κ3) is 3.80. The Balaban J connectivity index is 1.75. The molecule has 2 atom stereocenters. The van der Waals surface area contributed by atoms with Gasteiger partial charge in [0, 0.05) is 31.4 Å². The Morgan fingerprint density at radius 1 is 1.47 bits per heavy atom. The van der Waals surface area contributed by atoms with Crippen molar-refractivity contribution in [1.29, 1.82) is 0 Å². The number of hydrogen-bond acceptors (Lipinski definition) is 3. The van der Waals surface area contributed by atoms with Crippen LogP contribution in [0.15, 0.2) is 12.3 Å². The molecule has 1 aliphatic heterocycles. The van der Waals surface area contributed by atoms with Crippen LogP contribution in [0, 0.1) is 0 Å². The standard InChI is InChI=1S/C15H28N4/c1-4-13(3)19-10-8-14(17-19)11-16-12-15-7-6-9-18(15)5-2/h8,10,13,15-16H,4-7,9,11-12H2,1-3H3. The Kier molecular flexibility index (Phi) is 5.40. The Morgan fingerprint density at radius 2 is 2.32 bits per heavy atom. The highest BCUT2D eigenvalue weighted by molar-refractivity contribution is 4.99. The maximum absolute atomic E-state index is 4.62. The Bertz CT molecular complexity index is 374. The molecule has 1 aliphatic rings. The van der Waals surface area contributed by atoms with E-state index in [0.717, 1.165) is 31.2 Å². The second-order valence-electron chi connectivity index (χ2n) is 5.60. The summed E-state index contributed by atoms with van der Waals surface area (Å²) < 4.78 is 2.07. The lowest BCUT2D eigenvalue weighted by Gasteiger charge is -2.22. The van der Waals surface area contributed by atoms with Crippen LogP contribution in [-0.2, 0) is 6.54 Å². The van der Waals surface area contributed by atoms with E-state index in [1.54, 1.807) is 0 Å². The first-order chi connectivity index (χ1) is 9.24. The molecule has 0 aromatic carbocycles. The summed E-state index contributed by atoms with van der Waals surface area (Å²) in [5.74, 6) is 0. The normalized spacial score (nSPS) is 21.9. The zero-order valence-electron chi connectivity index (χ0n) is 12.6. The predicted molar refractivity (Wildman–Crippen MR) is 79.2 cm³/mol. The average molecular weight is 264 g/mol. The number of nitrogens with one attached hydrogen (secondary N) is 1. The topological polar surface area (TPSA) is 33.1 Å². The fourth-order valence-corrected chi connectivity index (χ4v) is 2.81. The van der Waals surface area contributed by atoms with E-state index in [9.17, 15) is 0 Å². The van der Waals surface area contributed by atoms with E-state index in [0.29, 0.717) is 6.04 Å². The van der Waals surface area contributed by atoms with Crippen LogP contribution in [0.4, 0.5) is 0 Å². The van der Waals surface area contributed by atoms with Gasteiger partial charge in [0.05, 0.1) is 5.69 Å². The van der Waals surface area contributed by atoms with Crippen molar-refractivity contribution >= 4 is 0 Å². The van der Waals surface area contributed by atoms with Gasteiger partial charge >= 0.3 is 0 Å². The summed E-state index contributed by atoms with van der Waals surface area (Å²) in [5, 5.41) is 8.19. The van der Waals surface area contributed by atoms with Crippen LogP contribution in [0.25, 0.3) is 0 Å². The first kappa shape index (κ1) is 14.5. The van der Waals surface area contributed by atoms with Crippen molar-refractivity contribution in [3.05, 3.63) is 18.0 Å². The van der Waals surface area contributed by atoms with E-state index in [-0.39, 0.29) is 0 Å². The lowest BCUT2D eigenvalue weighted by Crippen LogP contribution is -2.37. The molecule has 0 bridgehead atoms. The maximum atomic E-state index is 4.62. The van der Waals surface area contributed by atoms with Crippen molar-refractivity contribution in [3.8, 4) is 0 Å². The third-order valence-corrected chi connectivity index (χ3v) is 4.30. The summed E-state index contributed by atoms with van der Waals surface area (Å²) in [5.41, 5.74) is 1.15. The van der Waals surface area contributed by atoms with Gasteiger partial charge in [-0.2, -0.15) is 5.10 Å². The van der Waals surface area contributed by atoms with Crippen LogP contribution in [0.1, 0.15) is 51.8 Å². The van der Waals surface area contributed by atoms with Gasteiger partial charge in [0.1, 0.15) is 0 Å². The minimum atomic E-state index is 0.499. The smallest absolute Gasteiger partial charge is 0.0762 e. The predicted octanol–water partition coefficient (Wildman–Crippen LogP) is 2.43. The summed E-state index contributed by atoms with van der Waals surface area (Å²) in [6.07, 6.45) is 5.91. The molecule has 0 spiro atoms. The first-order valence-electron chi connectivity index (χ1n) is 7.73. The van der Waals surface area contributed by atoms with E-state index in [1.807, 2.05) is 0 Å². The molecular formula is C15H28N4. The van der Waals surface area contributed by atoms with E-state index in [1.165, 1.54) is 25.9 Å². The number of aromatic nitrogens is 2. The number of nitrogens with zero attached hydrogens (tertiary/aromatic N) is 3. The van der Waals surface area contributed by atoms with E-state index in [2.05, 4.69) is 53.0 Å². The number of rotatable bonds is 7. The van der Waals surface area contributed by atoms with Crippen molar-refractivity contribution < 1.29 is 0 Å². The lowest BCUT2D eigenvalue weighted by molar-refractivity contribution is 0.259. The molecule has 1 aromatic heterocycles. The largest absolute Gasteiger partial charge is 0.310 e. The van der Waals surface area contributed by atoms with Gasteiger partial charge in [0.2, 0.25) is 0 Å². The van der Waals surface area contributed by atoms with Crippen LogP contribution in [0.5, 0.6) is 0 Å². The molecule has 1 fully saturated rings. The third-order valence-electron chi connectivity index (χ3n) is 4.30. The van der Waals surface area contributed by atoms with Crippen molar-refractivity contribution in [2.45, 2.75) is 58.7 Å². The molecule has 108 valence electrons. The van der Waals surface area contributed by atoms with Gasteiger partial charge < -0.3 is 5.32 Å². The summed E-state index contributed by atoms with van der Waals surface area (Å²) in [7, 11) is 0. The van der Waals surface area contributed by atoms with Gasteiger partial charge in [0.25, 0.3) is 0 Å². The number of hydrogen-bond donors (Lipinski definition) is 1. The average Bonchev–Trinajstić information content (AvgIpc) is 3.06. The second-order valence-corrected chi connectivity index (χ2v) is 5.60. The Morgan fingerprint density at radius 3 is 3.05 bits per heavy atom. The second kappa shape index (κ2) is 7.06. The molecule has 0 aliphatic carbocycles. The van der Waals surface area contributed by atoms with Crippen molar-refractivity contribution in [2.24, 2.45) is 0 Å². The fourth-order valence-electron chi connectivity index (χ4n) is 2.81. The van der Waals surface area contributed by atoms with Gasteiger partial charge in [-0.15, -0.1) is 0 Å². The molecule has 1 aromatic rings. The molecule has 2 rings (SSSR count). The minimum absolute atomic E-state index is 0.499. The van der Waals surface area contributed by atoms with E-state index in [4.69, 9.17) is 0 Å². The SMILES string of the molecule is CCC(C)n1ccc(CNCC2CCCN2CC)n1. The molecule has 4 heteroatoms. The van der Waals surface area contributed by atoms with E-state index < -0.39 is 0 Å². The van der Waals surface area contributed by atoms with Crippen LogP contribution in [0.2, 0.25) is 0 Å². The molecule has 2 heterocycles. The molecule has 1 saturated heterocycles. The van der Waals surface area contributed by atoms with Gasteiger partial charge in [-0.3, -0.25) is 9.58 Å². The summed E-state index contributed by atoms with van der Waals surface area (Å²) in [4.78, 5) is 2.57. The highest BCUT2D eigenvalue weighted by Gasteiger charge is 2.22. The van der Waals surface area contributed by atoms with Gasteiger partial charge in [-0.1, -0.05) is 13.8 Å². The van der Waals surface area contributed by atoms with Gasteiger partial charge in [-0.05, 0) is 45.3 Å². The van der Waals surface area contributed by atoms with Gasteiger partial charge in [0.15, 0.2) is 0 Å². The summed E-state index contributed by atoms with van der Waals surface area (Å²) in [6.45, 7) is 11.1. The van der Waals surface area contributed by atoms with Crippen LogP contribution < -0.4 is 5.32 Å². The van der Waals surface area contributed by atoms with Crippen LogP contribution in [0.3, 0.4) is 0 Å². The highest BCUT2D eigenvalue weighted by atomic mass is 15.3. The molecule has 1 N–H and O–H groups in total. The monoisotopic (exact) mass is 264 g/mol. The van der Waals surface area contributed by atoms with Crippen molar-refractivity contribution in [1.82, 2.24) is 20.0 Å². The van der Waals surface area contributed by atoms with Crippen molar-refractivity contribution in [2.75, 3.05) is 19.6 Å². The number of likely N-dealkylation sites (N-methyl/N-ethyl adjacent to an activating group) is 1. The molecule has 4 nitrogen and oxygen atoms in total. The molecule has 2 unspecified atom stereocenters. The quantitative estimate of drug-likeness (QED) is 0.821. The van der Waals surface area contributed by atoms with Crippen LogP contribution >= 0.6 is 0 Å². The molecule has 0 saturated carbocycles. The number of likely N-dealkylation sites (tertiary alicyclic amines) is 1. The highest BCUT2D eigenvalue weighted by Crippen LogP contribution is 2.15. The lowest BCUT2D eigenvalue weighted by atomic mass is 10.2. The van der Waals surface area contributed by atoms with Crippen molar-refractivity contribution in [3.63, 3.8) is 0 Å². The summed E-state index contributed by atoms with van der Waals surface area (Å²) >= 11 is 0. The molecule has 0 radical (unpaired) electrons.